The van der Waals surface area contributed by atoms with Crippen LogP contribution in [0.1, 0.15) is 63.1 Å². The number of hydrogen-bond acceptors (Lipinski definition) is 2. The van der Waals surface area contributed by atoms with E-state index in [2.05, 4.69) is 46.8 Å². The lowest BCUT2D eigenvalue weighted by atomic mass is 9.75. The summed E-state index contributed by atoms with van der Waals surface area (Å²) in [6.07, 6.45) is 2.27. The molecule has 19 heavy (non-hydrogen) atoms. The van der Waals surface area contributed by atoms with Crippen LogP contribution in [-0.4, -0.2) is 13.7 Å². The Labute approximate surface area is 118 Å². The van der Waals surface area contributed by atoms with Gasteiger partial charge in [-0.3, -0.25) is 0 Å². The topological polar surface area (TPSA) is 35.2 Å². The summed E-state index contributed by atoms with van der Waals surface area (Å²) in [5.74, 6) is 1.45. The monoisotopic (exact) mass is 263 g/mol. The first-order valence-corrected chi connectivity index (χ1v) is 7.28. The van der Waals surface area contributed by atoms with Crippen molar-refractivity contribution in [1.29, 1.82) is 0 Å². The third-order valence-electron chi connectivity index (χ3n) is 4.10. The van der Waals surface area contributed by atoms with E-state index in [9.17, 15) is 0 Å². The Bertz CT molecular complexity index is 426. The molecule has 1 aromatic rings. The molecule has 0 aromatic heterocycles. The number of ether oxygens (including phenoxy) is 1. The van der Waals surface area contributed by atoms with Gasteiger partial charge < -0.3 is 10.5 Å². The first-order valence-electron chi connectivity index (χ1n) is 7.28. The standard InChI is InChI=1S/C17H29NO/c1-7-8-17(5,11-18)15-10-14(12(2)3)16(19-6)9-13(15)4/h9-10,12H,7-8,11,18H2,1-6H3. The van der Waals surface area contributed by atoms with Crippen LogP contribution >= 0.6 is 0 Å². The molecule has 1 rings (SSSR count). The maximum atomic E-state index is 6.06. The molecule has 1 aromatic carbocycles. The van der Waals surface area contributed by atoms with Crippen molar-refractivity contribution < 1.29 is 4.74 Å². The lowest BCUT2D eigenvalue weighted by Gasteiger charge is -2.31. The largest absolute Gasteiger partial charge is 0.496 e. The molecule has 1 atom stereocenters. The van der Waals surface area contributed by atoms with Crippen molar-refractivity contribution in [3.8, 4) is 5.75 Å². The molecule has 0 aliphatic rings. The number of rotatable bonds is 6. The maximum Gasteiger partial charge on any atom is 0.122 e. The zero-order valence-electron chi connectivity index (χ0n) is 13.3. The van der Waals surface area contributed by atoms with Crippen LogP contribution in [0.4, 0.5) is 0 Å². The molecule has 2 nitrogen and oxygen atoms in total. The normalized spacial score (nSPS) is 14.5. The van der Waals surface area contributed by atoms with Crippen LogP contribution in [0.3, 0.4) is 0 Å². The van der Waals surface area contributed by atoms with E-state index in [1.165, 1.54) is 16.7 Å². The molecule has 0 aliphatic heterocycles. The molecule has 0 aliphatic carbocycles. The molecule has 2 heteroatoms. The second-order valence-corrected chi connectivity index (χ2v) is 6.08. The predicted molar refractivity (Wildman–Crippen MR) is 83.1 cm³/mol. The van der Waals surface area contributed by atoms with Gasteiger partial charge in [0.05, 0.1) is 7.11 Å². The van der Waals surface area contributed by atoms with Crippen molar-refractivity contribution in [1.82, 2.24) is 0 Å². The lowest BCUT2D eigenvalue weighted by Crippen LogP contribution is -2.32. The first kappa shape index (κ1) is 16.0. The maximum absolute atomic E-state index is 6.06. The predicted octanol–water partition coefficient (Wildman–Crippen LogP) is 4.14. The van der Waals surface area contributed by atoms with E-state index in [4.69, 9.17) is 10.5 Å². The van der Waals surface area contributed by atoms with Gasteiger partial charge in [0, 0.05) is 12.0 Å². The second kappa shape index (κ2) is 6.42. The minimum atomic E-state index is 0.0642. The quantitative estimate of drug-likeness (QED) is 0.837. The van der Waals surface area contributed by atoms with Gasteiger partial charge in [-0.25, -0.2) is 0 Å². The Balaban J connectivity index is 3.39. The Morgan fingerprint density at radius 3 is 2.37 bits per heavy atom. The summed E-state index contributed by atoms with van der Waals surface area (Å²) in [6, 6.07) is 4.47. The van der Waals surface area contributed by atoms with E-state index < -0.39 is 0 Å². The zero-order chi connectivity index (χ0) is 14.6. The SMILES string of the molecule is CCCC(C)(CN)c1cc(C(C)C)c(OC)cc1C. The molecule has 0 fully saturated rings. The van der Waals surface area contributed by atoms with E-state index in [-0.39, 0.29) is 5.41 Å². The average molecular weight is 263 g/mol. The van der Waals surface area contributed by atoms with Crippen molar-refractivity contribution in [2.24, 2.45) is 5.73 Å². The van der Waals surface area contributed by atoms with Gasteiger partial charge in [-0.2, -0.15) is 0 Å². The number of nitrogens with two attached hydrogens (primary N) is 1. The summed E-state index contributed by atoms with van der Waals surface area (Å²) in [7, 11) is 1.74. The van der Waals surface area contributed by atoms with E-state index in [0.717, 1.165) is 18.6 Å². The molecule has 2 N–H and O–H groups in total. The number of methoxy groups -OCH3 is 1. The minimum Gasteiger partial charge on any atom is -0.496 e. The molecule has 0 heterocycles. The Hall–Kier alpha value is -1.02. The zero-order valence-corrected chi connectivity index (χ0v) is 13.3. The molecule has 108 valence electrons. The highest BCUT2D eigenvalue weighted by Gasteiger charge is 2.27. The van der Waals surface area contributed by atoms with Crippen molar-refractivity contribution in [3.63, 3.8) is 0 Å². The fourth-order valence-electron chi connectivity index (χ4n) is 2.87. The van der Waals surface area contributed by atoms with Crippen LogP contribution in [0.5, 0.6) is 5.75 Å². The summed E-state index contributed by atoms with van der Waals surface area (Å²) < 4.78 is 5.52. The van der Waals surface area contributed by atoms with E-state index >= 15 is 0 Å². The van der Waals surface area contributed by atoms with Gasteiger partial charge >= 0.3 is 0 Å². The van der Waals surface area contributed by atoms with Crippen LogP contribution < -0.4 is 10.5 Å². The molecule has 0 bridgehead atoms. The number of benzene rings is 1. The van der Waals surface area contributed by atoms with E-state index in [1.807, 2.05) is 0 Å². The van der Waals surface area contributed by atoms with Gasteiger partial charge in [-0.05, 0) is 42.0 Å². The molecule has 0 saturated heterocycles. The van der Waals surface area contributed by atoms with Crippen molar-refractivity contribution in [2.75, 3.05) is 13.7 Å². The molecule has 1 unspecified atom stereocenters. The van der Waals surface area contributed by atoms with Gasteiger partial charge in [0.25, 0.3) is 0 Å². The molecule has 0 radical (unpaired) electrons. The van der Waals surface area contributed by atoms with Gasteiger partial charge in [-0.15, -0.1) is 0 Å². The van der Waals surface area contributed by atoms with Gasteiger partial charge in [0.15, 0.2) is 0 Å². The molecule has 0 saturated carbocycles. The van der Waals surface area contributed by atoms with Crippen molar-refractivity contribution in [2.45, 2.75) is 58.8 Å². The van der Waals surface area contributed by atoms with Crippen molar-refractivity contribution >= 4 is 0 Å². The Morgan fingerprint density at radius 1 is 1.32 bits per heavy atom. The third kappa shape index (κ3) is 3.30. The second-order valence-electron chi connectivity index (χ2n) is 6.08. The Kier molecular flexibility index (Phi) is 5.42. The van der Waals surface area contributed by atoms with Crippen molar-refractivity contribution in [3.05, 3.63) is 28.8 Å². The van der Waals surface area contributed by atoms with E-state index in [1.54, 1.807) is 7.11 Å². The molecule has 0 amide bonds. The summed E-state index contributed by atoms with van der Waals surface area (Å²) in [6.45, 7) is 11.7. The van der Waals surface area contributed by atoms with Gasteiger partial charge in [0.1, 0.15) is 5.75 Å². The number of hydrogen-bond donors (Lipinski definition) is 1. The fraction of sp³-hybridized carbons (Fsp3) is 0.647. The fourth-order valence-corrected chi connectivity index (χ4v) is 2.87. The average Bonchev–Trinajstić information content (AvgIpc) is 2.37. The van der Waals surface area contributed by atoms with Crippen LogP contribution in [0, 0.1) is 6.92 Å². The van der Waals surface area contributed by atoms with Gasteiger partial charge in [-0.1, -0.05) is 40.2 Å². The molecule has 0 spiro atoms. The first-order chi connectivity index (χ1) is 8.89. The summed E-state index contributed by atoms with van der Waals surface area (Å²) >= 11 is 0. The summed E-state index contributed by atoms with van der Waals surface area (Å²) in [4.78, 5) is 0. The number of aryl methyl sites for hydroxylation is 1. The highest BCUT2D eigenvalue weighted by molar-refractivity contribution is 5.46. The van der Waals surface area contributed by atoms with Gasteiger partial charge in [0.2, 0.25) is 0 Å². The highest BCUT2D eigenvalue weighted by atomic mass is 16.5. The van der Waals surface area contributed by atoms with Crippen LogP contribution in [0.25, 0.3) is 0 Å². The van der Waals surface area contributed by atoms with E-state index in [0.29, 0.717) is 12.5 Å². The molecular weight excluding hydrogens is 234 g/mol. The lowest BCUT2D eigenvalue weighted by molar-refractivity contribution is 0.403. The smallest absolute Gasteiger partial charge is 0.122 e. The third-order valence-corrected chi connectivity index (χ3v) is 4.10. The van der Waals surface area contributed by atoms with Crippen LogP contribution in [0.2, 0.25) is 0 Å². The highest BCUT2D eigenvalue weighted by Crippen LogP contribution is 2.37. The molecular formula is C17H29NO. The van der Waals surface area contributed by atoms with Crippen LogP contribution in [0.15, 0.2) is 12.1 Å². The summed E-state index contributed by atoms with van der Waals surface area (Å²) in [5.41, 5.74) is 10.1. The summed E-state index contributed by atoms with van der Waals surface area (Å²) in [5, 5.41) is 0. The Morgan fingerprint density at radius 2 is 1.95 bits per heavy atom. The van der Waals surface area contributed by atoms with Crippen LogP contribution in [-0.2, 0) is 5.41 Å². The minimum absolute atomic E-state index is 0.0642.